The first kappa shape index (κ1) is 11.5. The maximum Gasteiger partial charge on any atom is 0.248 e. The number of carbonyl (C=O) groups excluding carboxylic acids is 1. The van der Waals surface area contributed by atoms with Crippen molar-refractivity contribution in [3.8, 4) is 0 Å². The molecule has 2 N–H and O–H groups in total. The van der Waals surface area contributed by atoms with Gasteiger partial charge >= 0.3 is 0 Å². The maximum atomic E-state index is 10.3. The van der Waals surface area contributed by atoms with Crippen LogP contribution in [0.4, 0.5) is 0 Å². The Labute approximate surface area is 74.6 Å². The van der Waals surface area contributed by atoms with E-state index in [2.05, 4.69) is 0 Å². The lowest BCUT2D eigenvalue weighted by Gasteiger charge is -2.08. The molecule has 0 aliphatic heterocycles. The van der Waals surface area contributed by atoms with Crippen LogP contribution in [0.3, 0.4) is 0 Å². The first-order chi connectivity index (χ1) is 5.20. The fourth-order valence-electron chi connectivity index (χ4n) is 0.263. The summed E-state index contributed by atoms with van der Waals surface area (Å²) in [6.07, 6.45) is 0. The summed E-state index contributed by atoms with van der Waals surface area (Å²) in [6.45, 7) is 0. The Bertz CT molecular complexity index is 122. The molecule has 0 saturated heterocycles. The smallest absolute Gasteiger partial charge is 0.248 e. The molecule has 0 atom stereocenters. The van der Waals surface area contributed by atoms with Gasteiger partial charge in [0.25, 0.3) is 0 Å². The van der Waals surface area contributed by atoms with E-state index in [1.165, 1.54) is 21.2 Å². The zero-order valence-corrected chi connectivity index (χ0v) is 8.80. The molecule has 11 heavy (non-hydrogen) atoms. The topological polar surface area (TPSA) is 61.6 Å². The number of hydrogen-bond acceptors (Lipinski definition) is 5. The number of amides is 1. The normalized spacial score (nSPS) is 10.5. The van der Waals surface area contributed by atoms with Gasteiger partial charge in [-0.05, 0) is 10.4 Å². The molecule has 7 heteroatoms. The number of rotatable bonds is 6. The Morgan fingerprint density at radius 1 is 1.55 bits per heavy atom. The van der Waals surface area contributed by atoms with Gasteiger partial charge in [-0.2, -0.15) is 0 Å². The van der Waals surface area contributed by atoms with Crippen molar-refractivity contribution in [1.82, 2.24) is 0 Å². The van der Waals surface area contributed by atoms with Crippen molar-refractivity contribution in [2.24, 2.45) is 5.73 Å². The third-order valence-electron chi connectivity index (χ3n) is 0.613. The molecule has 0 aromatic rings. The van der Waals surface area contributed by atoms with Crippen LogP contribution in [0, 0.1) is 0 Å². The van der Waals surface area contributed by atoms with Crippen LogP contribution in [0.2, 0.25) is 0 Å². The lowest BCUT2D eigenvalue weighted by Crippen LogP contribution is -2.12. The van der Waals surface area contributed by atoms with Gasteiger partial charge in [0, 0.05) is 14.2 Å². The maximum absolute atomic E-state index is 10.3. The first-order valence-corrected chi connectivity index (χ1v) is 6.77. The molecule has 0 radical (unpaired) electrons. The molecule has 0 unspecified atom stereocenters. The predicted molar refractivity (Wildman–Crippen MR) is 50.2 cm³/mol. The highest BCUT2D eigenvalue weighted by atomic mass is 33.3. The number of primary amides is 1. The highest BCUT2D eigenvalue weighted by Gasteiger charge is 2.07. The number of carbonyl (C=O) groups is 1. The van der Waals surface area contributed by atoms with Crippen LogP contribution in [-0.2, 0) is 13.8 Å². The molecular weight excluding hydrogens is 205 g/mol. The van der Waals surface area contributed by atoms with E-state index in [0.29, 0.717) is 0 Å². The third-order valence-corrected chi connectivity index (χ3v) is 5.81. The molecule has 0 aliphatic carbocycles. The summed E-state index contributed by atoms with van der Waals surface area (Å²) < 4.78 is 9.83. The van der Waals surface area contributed by atoms with Crippen LogP contribution in [-0.4, -0.2) is 25.9 Å². The first-order valence-electron chi connectivity index (χ1n) is 2.67. The number of hydrogen-bond donors (Lipinski definition) is 1. The van der Waals surface area contributed by atoms with Gasteiger partial charge < -0.3 is 14.8 Å². The molecular formula is C4H10NO3PS2. The lowest BCUT2D eigenvalue weighted by molar-refractivity contribution is -0.115. The zero-order valence-electron chi connectivity index (χ0n) is 6.27. The molecule has 0 bridgehead atoms. The second-order valence-corrected chi connectivity index (χ2v) is 6.63. The largest absolute Gasteiger partial charge is 0.369 e. The van der Waals surface area contributed by atoms with Gasteiger partial charge in [-0.3, -0.25) is 4.79 Å². The van der Waals surface area contributed by atoms with Crippen LogP contribution in [0.5, 0.6) is 0 Å². The minimum Gasteiger partial charge on any atom is -0.369 e. The summed E-state index contributed by atoms with van der Waals surface area (Å²) in [7, 11) is 4.94. The average molecular weight is 215 g/mol. The van der Waals surface area contributed by atoms with E-state index < -0.39 is 7.58 Å². The van der Waals surface area contributed by atoms with Gasteiger partial charge in [0.15, 0.2) is 0 Å². The van der Waals surface area contributed by atoms with E-state index in [1.54, 1.807) is 14.2 Å². The van der Waals surface area contributed by atoms with Crippen LogP contribution < -0.4 is 5.73 Å². The van der Waals surface area contributed by atoms with Crippen LogP contribution in [0.25, 0.3) is 0 Å². The molecule has 0 heterocycles. The molecule has 0 fully saturated rings. The van der Waals surface area contributed by atoms with E-state index in [9.17, 15) is 4.79 Å². The average Bonchev–Trinajstić information content (AvgIpc) is 1.98. The Morgan fingerprint density at radius 2 is 2.09 bits per heavy atom. The van der Waals surface area contributed by atoms with E-state index in [1.807, 2.05) is 0 Å². The van der Waals surface area contributed by atoms with Crippen molar-refractivity contribution in [3.05, 3.63) is 0 Å². The van der Waals surface area contributed by atoms with Crippen molar-refractivity contribution >= 4 is 34.7 Å². The molecule has 0 saturated carbocycles. The molecule has 66 valence electrons. The van der Waals surface area contributed by atoms with Crippen molar-refractivity contribution in [2.75, 3.05) is 20.0 Å². The van der Waals surface area contributed by atoms with Crippen molar-refractivity contribution in [1.29, 1.82) is 0 Å². The molecule has 0 aliphatic rings. The summed E-state index contributed by atoms with van der Waals surface area (Å²) >= 11 is 0. The van der Waals surface area contributed by atoms with Gasteiger partial charge in [0.1, 0.15) is 0 Å². The molecule has 0 spiro atoms. The van der Waals surface area contributed by atoms with Gasteiger partial charge in [0.2, 0.25) is 13.5 Å². The highest BCUT2D eigenvalue weighted by molar-refractivity contribution is 8.97. The fraction of sp³-hybridized carbons (Fsp3) is 0.750. The highest BCUT2D eigenvalue weighted by Crippen LogP contribution is 2.56. The van der Waals surface area contributed by atoms with Crippen molar-refractivity contribution < 1.29 is 13.8 Å². The second kappa shape index (κ2) is 7.18. The Balaban J connectivity index is 3.28. The monoisotopic (exact) mass is 215 g/mol. The summed E-state index contributed by atoms with van der Waals surface area (Å²) in [4.78, 5) is 10.3. The van der Waals surface area contributed by atoms with Gasteiger partial charge in [0.05, 0.1) is 5.75 Å². The second-order valence-electron chi connectivity index (χ2n) is 1.39. The fourth-order valence-corrected chi connectivity index (χ4v) is 4.26. The van der Waals surface area contributed by atoms with E-state index in [-0.39, 0.29) is 11.7 Å². The molecule has 0 rings (SSSR count). The van der Waals surface area contributed by atoms with Crippen LogP contribution >= 0.6 is 28.8 Å². The number of nitrogens with two attached hydrogens (primary N) is 1. The lowest BCUT2D eigenvalue weighted by atomic mass is 10.8. The third kappa shape index (κ3) is 6.90. The van der Waals surface area contributed by atoms with E-state index in [0.717, 1.165) is 0 Å². The summed E-state index contributed by atoms with van der Waals surface area (Å²) in [6, 6.07) is 0. The Hall–Kier alpha value is 0.520. The Morgan fingerprint density at radius 3 is 2.45 bits per heavy atom. The van der Waals surface area contributed by atoms with Crippen molar-refractivity contribution in [2.45, 2.75) is 0 Å². The van der Waals surface area contributed by atoms with Crippen LogP contribution in [0.15, 0.2) is 0 Å². The van der Waals surface area contributed by atoms with Crippen molar-refractivity contribution in [3.63, 3.8) is 0 Å². The summed E-state index contributed by atoms with van der Waals surface area (Å²) in [5.74, 6) is -0.0411. The summed E-state index contributed by atoms with van der Waals surface area (Å²) in [5.41, 5.74) is 4.91. The SMILES string of the molecule is COP(OC)SSCC(N)=O. The van der Waals surface area contributed by atoms with Gasteiger partial charge in [-0.25, -0.2) is 0 Å². The predicted octanol–water partition coefficient (Wildman–Crippen LogP) is 1.37. The minimum atomic E-state index is -0.915. The summed E-state index contributed by atoms with van der Waals surface area (Å²) in [5, 5.41) is 0. The van der Waals surface area contributed by atoms with E-state index in [4.69, 9.17) is 14.8 Å². The van der Waals surface area contributed by atoms with Gasteiger partial charge in [-0.1, -0.05) is 10.8 Å². The van der Waals surface area contributed by atoms with Crippen LogP contribution in [0.1, 0.15) is 0 Å². The van der Waals surface area contributed by atoms with E-state index >= 15 is 0 Å². The van der Waals surface area contributed by atoms with Gasteiger partial charge in [-0.15, -0.1) is 0 Å². The quantitative estimate of drug-likeness (QED) is 0.535. The standard InChI is InChI=1S/C4H10NO3PS2/c1-7-9(8-2)11-10-3-4(5)6/h3H2,1-2H3,(H2,5,6). The Kier molecular flexibility index (Phi) is 7.52. The zero-order chi connectivity index (χ0) is 8.69. The molecule has 1 amide bonds. The molecule has 0 aromatic heterocycles. The molecule has 4 nitrogen and oxygen atoms in total. The minimum absolute atomic E-state index is 0.288. The molecule has 0 aromatic carbocycles.